The first-order valence-corrected chi connectivity index (χ1v) is 10.5. The van der Waals surface area contributed by atoms with Crippen LogP contribution in [-0.2, 0) is 11.3 Å². The third-order valence-corrected chi connectivity index (χ3v) is 6.46. The Bertz CT molecular complexity index is 576. The van der Waals surface area contributed by atoms with Gasteiger partial charge in [-0.3, -0.25) is 9.59 Å². The molecule has 0 atom stereocenters. The highest BCUT2D eigenvalue weighted by molar-refractivity contribution is 8.00. The number of carbonyl (C=O) groups excluding carboxylic acids is 2. The first-order chi connectivity index (χ1) is 12.2. The molecule has 25 heavy (non-hydrogen) atoms. The SMILES string of the molecule is O=C(CSC1CCCCC1)NCc1ccc(C(=O)N2CCCC2)cc1. The lowest BCUT2D eigenvalue weighted by molar-refractivity contribution is -0.118. The Morgan fingerprint density at radius 2 is 1.68 bits per heavy atom. The predicted octanol–water partition coefficient (Wildman–Crippen LogP) is 3.60. The summed E-state index contributed by atoms with van der Waals surface area (Å²) in [5, 5.41) is 3.65. The number of amides is 2. The third-order valence-electron chi connectivity index (χ3n) is 5.09. The Hall–Kier alpha value is -1.49. The third kappa shape index (κ3) is 5.50. The summed E-state index contributed by atoms with van der Waals surface area (Å²) in [6, 6.07) is 7.63. The van der Waals surface area contributed by atoms with Gasteiger partial charge < -0.3 is 10.2 Å². The Morgan fingerprint density at radius 3 is 2.36 bits per heavy atom. The Morgan fingerprint density at radius 1 is 1.00 bits per heavy atom. The molecule has 0 bridgehead atoms. The summed E-state index contributed by atoms with van der Waals surface area (Å²) in [5.41, 5.74) is 1.78. The van der Waals surface area contributed by atoms with Crippen molar-refractivity contribution in [3.8, 4) is 0 Å². The second-order valence-electron chi connectivity index (χ2n) is 7.04. The molecule has 0 aromatic heterocycles. The van der Waals surface area contributed by atoms with Crippen LogP contribution in [0.1, 0.15) is 60.9 Å². The monoisotopic (exact) mass is 360 g/mol. The fourth-order valence-corrected chi connectivity index (χ4v) is 4.70. The van der Waals surface area contributed by atoms with Gasteiger partial charge in [-0.15, -0.1) is 11.8 Å². The van der Waals surface area contributed by atoms with Crippen LogP contribution in [0.15, 0.2) is 24.3 Å². The average Bonchev–Trinajstić information content (AvgIpc) is 3.20. The van der Waals surface area contributed by atoms with Gasteiger partial charge in [0, 0.05) is 30.4 Å². The van der Waals surface area contributed by atoms with E-state index in [4.69, 9.17) is 0 Å². The highest BCUT2D eigenvalue weighted by atomic mass is 32.2. The quantitative estimate of drug-likeness (QED) is 0.843. The molecule has 1 N–H and O–H groups in total. The van der Waals surface area contributed by atoms with Crippen molar-refractivity contribution in [2.75, 3.05) is 18.8 Å². The smallest absolute Gasteiger partial charge is 0.253 e. The van der Waals surface area contributed by atoms with Crippen LogP contribution in [-0.4, -0.2) is 40.8 Å². The molecule has 1 aromatic rings. The van der Waals surface area contributed by atoms with Crippen LogP contribution in [0.2, 0.25) is 0 Å². The van der Waals surface area contributed by atoms with Crippen molar-refractivity contribution in [1.82, 2.24) is 10.2 Å². The van der Waals surface area contributed by atoms with Crippen LogP contribution >= 0.6 is 11.8 Å². The van der Waals surface area contributed by atoms with Gasteiger partial charge in [-0.1, -0.05) is 31.4 Å². The molecule has 1 saturated heterocycles. The zero-order valence-electron chi connectivity index (χ0n) is 14.8. The van der Waals surface area contributed by atoms with E-state index in [-0.39, 0.29) is 11.8 Å². The van der Waals surface area contributed by atoms with Crippen molar-refractivity contribution in [2.45, 2.75) is 56.7 Å². The lowest BCUT2D eigenvalue weighted by Gasteiger charge is -2.20. The largest absolute Gasteiger partial charge is 0.351 e. The van der Waals surface area contributed by atoms with Crippen LogP contribution in [0.3, 0.4) is 0 Å². The fourth-order valence-electron chi connectivity index (χ4n) is 3.54. The lowest BCUT2D eigenvalue weighted by atomic mass is 10.0. The van der Waals surface area contributed by atoms with Crippen LogP contribution in [0.4, 0.5) is 0 Å². The molecule has 3 rings (SSSR count). The zero-order chi connectivity index (χ0) is 17.5. The zero-order valence-corrected chi connectivity index (χ0v) is 15.7. The molecule has 0 unspecified atom stereocenters. The minimum atomic E-state index is 0.104. The number of benzene rings is 1. The summed E-state index contributed by atoms with van der Waals surface area (Å²) in [7, 11) is 0. The van der Waals surface area contributed by atoms with E-state index in [2.05, 4.69) is 5.32 Å². The number of carbonyl (C=O) groups is 2. The van der Waals surface area contributed by atoms with E-state index in [0.717, 1.165) is 37.1 Å². The van der Waals surface area contributed by atoms with Crippen molar-refractivity contribution in [1.29, 1.82) is 0 Å². The number of hydrogen-bond acceptors (Lipinski definition) is 3. The molecule has 2 fully saturated rings. The van der Waals surface area contributed by atoms with Crippen molar-refractivity contribution < 1.29 is 9.59 Å². The second kappa shape index (κ2) is 9.27. The maximum Gasteiger partial charge on any atom is 0.253 e. The number of nitrogens with zero attached hydrogens (tertiary/aromatic N) is 1. The van der Waals surface area contributed by atoms with Gasteiger partial charge in [0.25, 0.3) is 5.91 Å². The number of thioether (sulfide) groups is 1. The molecule has 0 spiro atoms. The summed E-state index contributed by atoms with van der Waals surface area (Å²) in [6.45, 7) is 2.27. The highest BCUT2D eigenvalue weighted by Crippen LogP contribution is 2.27. The molecule has 2 amide bonds. The molecule has 1 aliphatic carbocycles. The summed E-state index contributed by atoms with van der Waals surface area (Å²) in [5.74, 6) is 0.778. The average molecular weight is 361 g/mol. The van der Waals surface area contributed by atoms with Crippen molar-refractivity contribution >= 4 is 23.6 Å². The van der Waals surface area contributed by atoms with E-state index < -0.39 is 0 Å². The van der Waals surface area contributed by atoms with Gasteiger partial charge in [-0.25, -0.2) is 0 Å². The number of likely N-dealkylation sites (tertiary alicyclic amines) is 1. The van der Waals surface area contributed by atoms with Crippen LogP contribution < -0.4 is 5.32 Å². The molecule has 1 aromatic carbocycles. The van der Waals surface area contributed by atoms with Gasteiger partial charge in [0.15, 0.2) is 0 Å². The fraction of sp³-hybridized carbons (Fsp3) is 0.600. The van der Waals surface area contributed by atoms with Crippen LogP contribution in [0, 0.1) is 0 Å². The maximum absolute atomic E-state index is 12.3. The van der Waals surface area contributed by atoms with Gasteiger partial charge in [-0.2, -0.15) is 0 Å². The first kappa shape index (κ1) is 18.3. The molecule has 5 heteroatoms. The number of nitrogens with one attached hydrogen (secondary N) is 1. The molecule has 2 aliphatic rings. The standard InChI is InChI=1S/C20H28N2O2S/c23-19(15-25-18-6-2-1-3-7-18)21-14-16-8-10-17(11-9-16)20(24)22-12-4-5-13-22/h8-11,18H,1-7,12-15H2,(H,21,23). The topological polar surface area (TPSA) is 49.4 Å². The number of rotatable bonds is 6. The van der Waals surface area contributed by atoms with E-state index in [1.165, 1.54) is 32.1 Å². The molecule has 1 saturated carbocycles. The Balaban J connectivity index is 1.40. The second-order valence-corrected chi connectivity index (χ2v) is 8.33. The lowest BCUT2D eigenvalue weighted by Crippen LogP contribution is -2.28. The van der Waals surface area contributed by atoms with Crippen LogP contribution in [0.25, 0.3) is 0 Å². The first-order valence-electron chi connectivity index (χ1n) is 9.49. The molecule has 1 aliphatic heterocycles. The summed E-state index contributed by atoms with van der Waals surface area (Å²) >= 11 is 1.80. The van der Waals surface area contributed by atoms with Gasteiger partial charge in [0.1, 0.15) is 0 Å². The number of hydrogen-bond donors (Lipinski definition) is 1. The molecule has 4 nitrogen and oxygen atoms in total. The predicted molar refractivity (Wildman–Crippen MR) is 103 cm³/mol. The van der Waals surface area contributed by atoms with E-state index in [0.29, 0.717) is 17.5 Å². The van der Waals surface area contributed by atoms with E-state index in [1.54, 1.807) is 11.8 Å². The van der Waals surface area contributed by atoms with Crippen molar-refractivity contribution in [3.05, 3.63) is 35.4 Å². The van der Waals surface area contributed by atoms with Gasteiger partial charge >= 0.3 is 0 Å². The minimum Gasteiger partial charge on any atom is -0.351 e. The van der Waals surface area contributed by atoms with Crippen molar-refractivity contribution in [3.63, 3.8) is 0 Å². The van der Waals surface area contributed by atoms with E-state index in [9.17, 15) is 9.59 Å². The summed E-state index contributed by atoms with van der Waals surface area (Å²) < 4.78 is 0. The normalized spacial score (nSPS) is 18.3. The highest BCUT2D eigenvalue weighted by Gasteiger charge is 2.19. The van der Waals surface area contributed by atoms with Crippen molar-refractivity contribution in [2.24, 2.45) is 0 Å². The van der Waals surface area contributed by atoms with Gasteiger partial charge in [0.05, 0.1) is 5.75 Å². The van der Waals surface area contributed by atoms with E-state index >= 15 is 0 Å². The molecule has 0 radical (unpaired) electrons. The maximum atomic E-state index is 12.3. The van der Waals surface area contributed by atoms with Gasteiger partial charge in [0.2, 0.25) is 5.91 Å². The molecule has 1 heterocycles. The molecular formula is C20H28N2O2S. The molecular weight excluding hydrogens is 332 g/mol. The van der Waals surface area contributed by atoms with Crippen LogP contribution in [0.5, 0.6) is 0 Å². The van der Waals surface area contributed by atoms with E-state index in [1.807, 2.05) is 29.2 Å². The summed E-state index contributed by atoms with van der Waals surface area (Å²) in [4.78, 5) is 26.2. The summed E-state index contributed by atoms with van der Waals surface area (Å²) in [6.07, 6.45) is 8.68. The molecule has 136 valence electrons. The Kier molecular flexibility index (Phi) is 6.79. The minimum absolute atomic E-state index is 0.104. The Labute approximate surface area is 154 Å². The van der Waals surface area contributed by atoms with Gasteiger partial charge in [-0.05, 0) is 43.4 Å².